The van der Waals surface area contributed by atoms with E-state index >= 15 is 0 Å². The van der Waals surface area contributed by atoms with Gasteiger partial charge in [0.2, 0.25) is 0 Å². The molecular weight excluding hydrogens is 277 g/mol. The fraction of sp³-hybridized carbons (Fsp3) is 0.538. The second kappa shape index (κ2) is 4.81. The van der Waals surface area contributed by atoms with Crippen molar-refractivity contribution in [3.63, 3.8) is 0 Å². The molecule has 0 aliphatic heterocycles. The van der Waals surface area contributed by atoms with Gasteiger partial charge in [-0.3, -0.25) is 0 Å². The SMILES string of the molecule is CCC1CC(S(=O)(=O)c2cccc(C(F)(F)F)c2)C1. The molecule has 0 N–H and O–H groups in total. The number of alkyl halides is 3. The zero-order chi connectivity index (χ0) is 14.3. The van der Waals surface area contributed by atoms with Gasteiger partial charge < -0.3 is 0 Å². The van der Waals surface area contributed by atoms with Crippen LogP contribution >= 0.6 is 0 Å². The number of halogens is 3. The largest absolute Gasteiger partial charge is 0.416 e. The van der Waals surface area contributed by atoms with E-state index in [1.807, 2.05) is 6.92 Å². The molecule has 1 aromatic carbocycles. The molecule has 0 saturated heterocycles. The fourth-order valence-electron chi connectivity index (χ4n) is 2.30. The lowest BCUT2D eigenvalue weighted by Crippen LogP contribution is -2.35. The van der Waals surface area contributed by atoms with Crippen LogP contribution < -0.4 is 0 Å². The standard InChI is InChI=1S/C13H15F3O2S/c1-2-9-6-12(7-9)19(17,18)11-5-3-4-10(8-11)13(14,15)16/h3-5,8-9,12H,2,6-7H2,1H3. The van der Waals surface area contributed by atoms with Crippen LogP contribution in [0.4, 0.5) is 13.2 Å². The number of rotatable bonds is 3. The normalized spacial score (nSPS) is 24.0. The molecule has 1 fully saturated rings. The summed E-state index contributed by atoms with van der Waals surface area (Å²) in [5, 5.41) is -0.527. The fourth-order valence-corrected chi connectivity index (χ4v) is 4.30. The third kappa shape index (κ3) is 2.78. The molecular formula is C13H15F3O2S. The maximum absolute atomic E-state index is 12.6. The minimum Gasteiger partial charge on any atom is -0.223 e. The summed E-state index contributed by atoms with van der Waals surface area (Å²) in [6.45, 7) is 1.98. The molecule has 6 heteroatoms. The van der Waals surface area contributed by atoms with Crippen molar-refractivity contribution in [3.05, 3.63) is 29.8 Å². The van der Waals surface area contributed by atoms with Gasteiger partial charge in [-0.25, -0.2) is 8.42 Å². The summed E-state index contributed by atoms with van der Waals surface area (Å²) >= 11 is 0. The average Bonchev–Trinajstić information content (AvgIpc) is 2.26. The molecule has 106 valence electrons. The third-order valence-electron chi connectivity index (χ3n) is 3.70. The summed E-state index contributed by atoms with van der Waals surface area (Å²) in [6, 6.07) is 4.00. The predicted molar refractivity (Wildman–Crippen MR) is 65.4 cm³/mol. The molecule has 0 spiro atoms. The summed E-state index contributed by atoms with van der Waals surface area (Å²) in [7, 11) is -3.63. The van der Waals surface area contributed by atoms with Crippen molar-refractivity contribution in [1.82, 2.24) is 0 Å². The molecule has 1 aliphatic carbocycles. The van der Waals surface area contributed by atoms with Crippen LogP contribution in [0, 0.1) is 5.92 Å². The highest BCUT2D eigenvalue weighted by molar-refractivity contribution is 7.92. The molecule has 1 saturated carbocycles. The van der Waals surface area contributed by atoms with Crippen LogP contribution in [0.2, 0.25) is 0 Å². The Kier molecular flexibility index (Phi) is 3.64. The van der Waals surface area contributed by atoms with Gasteiger partial charge in [-0.05, 0) is 37.0 Å². The highest BCUT2D eigenvalue weighted by atomic mass is 32.2. The number of hydrogen-bond acceptors (Lipinski definition) is 2. The van der Waals surface area contributed by atoms with E-state index in [1.165, 1.54) is 6.07 Å². The van der Waals surface area contributed by atoms with Gasteiger partial charge in [-0.1, -0.05) is 19.4 Å². The first-order chi connectivity index (χ1) is 8.75. The van der Waals surface area contributed by atoms with Gasteiger partial charge in [-0.2, -0.15) is 13.2 Å². The molecule has 2 rings (SSSR count). The van der Waals surface area contributed by atoms with E-state index in [2.05, 4.69) is 0 Å². The summed E-state index contributed by atoms with van der Waals surface area (Å²) in [6.07, 6.45) is -2.50. The Balaban J connectivity index is 2.27. The van der Waals surface area contributed by atoms with Crippen molar-refractivity contribution >= 4 is 9.84 Å². The van der Waals surface area contributed by atoms with Crippen LogP contribution in [0.25, 0.3) is 0 Å². The first kappa shape index (κ1) is 14.4. The van der Waals surface area contributed by atoms with Crippen LogP contribution in [0.5, 0.6) is 0 Å². The molecule has 19 heavy (non-hydrogen) atoms. The predicted octanol–water partition coefficient (Wildman–Crippen LogP) is 3.67. The highest BCUT2D eigenvalue weighted by Crippen LogP contribution is 2.39. The van der Waals surface area contributed by atoms with Crippen molar-refractivity contribution in [1.29, 1.82) is 0 Å². The second-order valence-corrected chi connectivity index (χ2v) is 7.17. The Morgan fingerprint density at radius 2 is 1.89 bits per heavy atom. The quantitative estimate of drug-likeness (QED) is 0.852. The highest BCUT2D eigenvalue weighted by Gasteiger charge is 2.39. The van der Waals surface area contributed by atoms with Crippen molar-refractivity contribution in [2.24, 2.45) is 5.92 Å². The van der Waals surface area contributed by atoms with Gasteiger partial charge in [0.05, 0.1) is 15.7 Å². The van der Waals surface area contributed by atoms with E-state index < -0.39 is 26.8 Å². The van der Waals surface area contributed by atoms with Crippen molar-refractivity contribution in [2.75, 3.05) is 0 Å². The van der Waals surface area contributed by atoms with E-state index in [9.17, 15) is 21.6 Å². The van der Waals surface area contributed by atoms with Gasteiger partial charge in [0, 0.05) is 0 Å². The minimum absolute atomic E-state index is 0.220. The molecule has 0 bridgehead atoms. The Morgan fingerprint density at radius 1 is 1.26 bits per heavy atom. The van der Waals surface area contributed by atoms with Crippen LogP contribution in [0.15, 0.2) is 29.2 Å². The van der Waals surface area contributed by atoms with Gasteiger partial charge in [0.1, 0.15) is 0 Å². The van der Waals surface area contributed by atoms with Crippen LogP contribution in [0.1, 0.15) is 31.7 Å². The van der Waals surface area contributed by atoms with Crippen LogP contribution in [-0.4, -0.2) is 13.7 Å². The van der Waals surface area contributed by atoms with Crippen LogP contribution in [-0.2, 0) is 16.0 Å². The van der Waals surface area contributed by atoms with Crippen molar-refractivity contribution < 1.29 is 21.6 Å². The molecule has 0 unspecified atom stereocenters. The van der Waals surface area contributed by atoms with Crippen molar-refractivity contribution in [2.45, 2.75) is 42.5 Å². The van der Waals surface area contributed by atoms with E-state index in [-0.39, 0.29) is 4.90 Å². The monoisotopic (exact) mass is 292 g/mol. The zero-order valence-electron chi connectivity index (χ0n) is 10.4. The molecule has 0 aromatic heterocycles. The Bertz CT molecular complexity index is 557. The van der Waals surface area contributed by atoms with Gasteiger partial charge in [0.15, 0.2) is 9.84 Å². The first-order valence-electron chi connectivity index (χ1n) is 6.16. The Labute approximate surface area is 110 Å². The Morgan fingerprint density at radius 3 is 2.42 bits per heavy atom. The van der Waals surface area contributed by atoms with Crippen molar-refractivity contribution in [3.8, 4) is 0 Å². The summed E-state index contributed by atoms with van der Waals surface area (Å²) in [4.78, 5) is -0.220. The first-order valence-corrected chi connectivity index (χ1v) is 7.71. The lowest BCUT2D eigenvalue weighted by molar-refractivity contribution is -0.137. The molecule has 0 atom stereocenters. The summed E-state index contributed by atoms with van der Waals surface area (Å²) in [5.41, 5.74) is -0.917. The molecule has 1 aromatic rings. The zero-order valence-corrected chi connectivity index (χ0v) is 11.3. The number of sulfone groups is 1. The molecule has 0 radical (unpaired) electrons. The van der Waals surface area contributed by atoms with Gasteiger partial charge in [0.25, 0.3) is 0 Å². The molecule has 1 aliphatic rings. The van der Waals surface area contributed by atoms with E-state index in [0.29, 0.717) is 18.8 Å². The molecule has 0 amide bonds. The molecule has 2 nitrogen and oxygen atoms in total. The number of hydrogen-bond donors (Lipinski definition) is 0. The minimum atomic E-state index is -4.52. The Hall–Kier alpha value is -1.04. The van der Waals surface area contributed by atoms with Gasteiger partial charge >= 0.3 is 6.18 Å². The lowest BCUT2D eigenvalue weighted by Gasteiger charge is -2.34. The maximum Gasteiger partial charge on any atom is 0.416 e. The maximum atomic E-state index is 12.6. The average molecular weight is 292 g/mol. The van der Waals surface area contributed by atoms with Gasteiger partial charge in [-0.15, -0.1) is 0 Å². The lowest BCUT2D eigenvalue weighted by atomic mass is 9.83. The summed E-state index contributed by atoms with van der Waals surface area (Å²) < 4.78 is 62.1. The third-order valence-corrected chi connectivity index (χ3v) is 5.87. The second-order valence-electron chi connectivity index (χ2n) is 4.94. The number of benzene rings is 1. The summed E-state index contributed by atoms with van der Waals surface area (Å²) in [5.74, 6) is 0.380. The van der Waals surface area contributed by atoms with E-state index in [0.717, 1.165) is 24.6 Å². The topological polar surface area (TPSA) is 34.1 Å². The smallest absolute Gasteiger partial charge is 0.223 e. The van der Waals surface area contributed by atoms with E-state index in [4.69, 9.17) is 0 Å². The molecule has 0 heterocycles. The van der Waals surface area contributed by atoms with Crippen LogP contribution in [0.3, 0.4) is 0 Å². The van der Waals surface area contributed by atoms with E-state index in [1.54, 1.807) is 0 Å².